The summed E-state index contributed by atoms with van der Waals surface area (Å²) in [7, 11) is 0. The first-order chi connectivity index (χ1) is 11.6. The molecule has 0 aromatic carbocycles. The number of hydrogen-bond acceptors (Lipinski definition) is 7. The van der Waals surface area contributed by atoms with Gasteiger partial charge in [-0.1, -0.05) is 13.8 Å². The topological polar surface area (TPSA) is 96.3 Å². The highest BCUT2D eigenvalue weighted by molar-refractivity contribution is 5.79. The number of nitrogens with zero attached hydrogens (tertiary/aromatic N) is 1. The number of rotatable bonds is 5. The molecule has 3 saturated heterocycles. The number of fused-ring (bicyclic) bond motifs is 3. The van der Waals surface area contributed by atoms with Crippen molar-refractivity contribution in [2.75, 3.05) is 19.7 Å². The van der Waals surface area contributed by atoms with Crippen molar-refractivity contribution >= 4 is 11.9 Å². The summed E-state index contributed by atoms with van der Waals surface area (Å²) in [5, 5.41) is 21.2. The van der Waals surface area contributed by atoms with Crippen molar-refractivity contribution in [3.8, 4) is 0 Å². The molecule has 142 valence electrons. The minimum Gasteiger partial charge on any atom is -0.465 e. The second-order valence-corrected chi connectivity index (χ2v) is 8.68. The quantitative estimate of drug-likeness (QED) is 0.686. The lowest BCUT2D eigenvalue weighted by Gasteiger charge is -2.42. The molecule has 0 aromatic heterocycles. The van der Waals surface area contributed by atoms with E-state index in [4.69, 9.17) is 9.47 Å². The highest BCUT2D eigenvalue weighted by atomic mass is 16.6. The largest absolute Gasteiger partial charge is 0.465 e. The Kier molecular flexibility index (Phi) is 4.62. The molecule has 3 rings (SSSR count). The maximum atomic E-state index is 12.5. The normalized spacial score (nSPS) is 38.0. The molecule has 7 nitrogen and oxygen atoms in total. The van der Waals surface area contributed by atoms with Crippen molar-refractivity contribution in [3.05, 3.63) is 0 Å². The second-order valence-electron chi connectivity index (χ2n) is 8.68. The summed E-state index contributed by atoms with van der Waals surface area (Å²) < 4.78 is 11.1. The van der Waals surface area contributed by atoms with Gasteiger partial charge < -0.3 is 19.7 Å². The molecule has 3 heterocycles. The van der Waals surface area contributed by atoms with Crippen LogP contribution in [0.25, 0.3) is 0 Å². The number of hydrogen-bond donors (Lipinski definition) is 2. The van der Waals surface area contributed by atoms with Crippen LogP contribution in [0.2, 0.25) is 0 Å². The predicted octanol–water partition coefficient (Wildman–Crippen LogP) is 0.323. The van der Waals surface area contributed by atoms with Crippen molar-refractivity contribution in [1.82, 2.24) is 4.90 Å². The third-order valence-electron chi connectivity index (χ3n) is 5.82. The van der Waals surface area contributed by atoms with E-state index in [0.29, 0.717) is 25.9 Å². The lowest BCUT2D eigenvalue weighted by Crippen LogP contribution is -2.57. The highest BCUT2D eigenvalue weighted by Gasteiger charge is 2.72. The Labute approximate surface area is 148 Å². The van der Waals surface area contributed by atoms with Gasteiger partial charge in [-0.25, -0.2) is 0 Å². The molecule has 0 radical (unpaired) electrons. The average Bonchev–Trinajstić information content (AvgIpc) is 3.03. The van der Waals surface area contributed by atoms with Crippen molar-refractivity contribution in [3.63, 3.8) is 0 Å². The van der Waals surface area contributed by atoms with E-state index in [1.807, 2.05) is 13.8 Å². The molecule has 3 aliphatic rings. The van der Waals surface area contributed by atoms with Crippen LogP contribution in [0.3, 0.4) is 0 Å². The number of aliphatic hydroxyl groups is 2. The van der Waals surface area contributed by atoms with Gasteiger partial charge in [0, 0.05) is 25.6 Å². The monoisotopic (exact) mass is 355 g/mol. The molecule has 5 atom stereocenters. The van der Waals surface area contributed by atoms with Gasteiger partial charge in [-0.3, -0.25) is 14.5 Å². The molecule has 3 fully saturated rings. The lowest BCUT2D eigenvalue weighted by atomic mass is 9.64. The molecule has 7 heteroatoms. The lowest BCUT2D eigenvalue weighted by molar-refractivity contribution is -0.159. The zero-order valence-corrected chi connectivity index (χ0v) is 15.4. The van der Waals surface area contributed by atoms with Crippen LogP contribution in [0.1, 0.15) is 40.5 Å². The first-order valence-corrected chi connectivity index (χ1v) is 9.08. The number of carbonyl (C=O) groups excluding carboxylic acids is 2. The summed E-state index contributed by atoms with van der Waals surface area (Å²) in [6.07, 6.45) is -0.220. The van der Waals surface area contributed by atoms with Crippen molar-refractivity contribution in [2.24, 2.45) is 17.3 Å². The van der Waals surface area contributed by atoms with E-state index in [-0.39, 0.29) is 24.5 Å². The van der Waals surface area contributed by atoms with Gasteiger partial charge in [0.15, 0.2) is 0 Å². The van der Waals surface area contributed by atoms with Gasteiger partial charge in [0.25, 0.3) is 0 Å². The van der Waals surface area contributed by atoms with E-state index in [9.17, 15) is 19.8 Å². The van der Waals surface area contributed by atoms with Crippen LogP contribution in [0.5, 0.6) is 0 Å². The van der Waals surface area contributed by atoms with Gasteiger partial charge in [0.2, 0.25) is 0 Å². The molecule has 0 aromatic rings. The fraction of sp³-hybridized carbons (Fsp3) is 0.889. The number of ether oxygens (including phenoxy) is 2. The summed E-state index contributed by atoms with van der Waals surface area (Å²) >= 11 is 0. The van der Waals surface area contributed by atoms with Crippen LogP contribution < -0.4 is 0 Å². The van der Waals surface area contributed by atoms with Crippen LogP contribution in [0.15, 0.2) is 0 Å². The zero-order valence-electron chi connectivity index (χ0n) is 15.4. The Balaban J connectivity index is 1.94. The molecule has 25 heavy (non-hydrogen) atoms. The van der Waals surface area contributed by atoms with Crippen LogP contribution in [0.4, 0.5) is 0 Å². The fourth-order valence-corrected chi connectivity index (χ4v) is 5.05. The van der Waals surface area contributed by atoms with Gasteiger partial charge in [-0.15, -0.1) is 0 Å². The Morgan fingerprint density at radius 1 is 1.48 bits per heavy atom. The van der Waals surface area contributed by atoms with Gasteiger partial charge in [-0.2, -0.15) is 0 Å². The molecule has 3 aliphatic heterocycles. The number of esters is 2. The highest BCUT2D eigenvalue weighted by Crippen LogP contribution is 2.56. The number of aliphatic hydroxyl groups excluding tert-OH is 1. The summed E-state index contributed by atoms with van der Waals surface area (Å²) in [5.41, 5.74) is -2.26. The smallest absolute Gasteiger partial charge is 0.313 e. The number of carbonyl (C=O) groups is 2. The Hall–Kier alpha value is -1.18. The molecular formula is C18H29NO6. The zero-order chi connectivity index (χ0) is 18.6. The summed E-state index contributed by atoms with van der Waals surface area (Å²) in [6, 6.07) is -0.354. The standard InChI is InChI=1S/C18H29NO6/c1-10(2)7-13(21)24-9-18-12(8-19-6-5-11(20)15(18)19)25-16(22)14(18)17(3,4)23/h10-12,14-15,20,23H,5-9H2,1-4H3. The van der Waals surface area contributed by atoms with E-state index >= 15 is 0 Å². The summed E-state index contributed by atoms with van der Waals surface area (Å²) in [6.45, 7) is 8.19. The van der Waals surface area contributed by atoms with Crippen LogP contribution in [-0.2, 0) is 19.1 Å². The molecule has 0 amide bonds. The van der Waals surface area contributed by atoms with Crippen molar-refractivity contribution < 1.29 is 29.3 Å². The van der Waals surface area contributed by atoms with Gasteiger partial charge in [0.1, 0.15) is 12.7 Å². The first kappa shape index (κ1) is 18.6. The molecule has 0 bridgehead atoms. The van der Waals surface area contributed by atoms with E-state index in [1.54, 1.807) is 13.8 Å². The second kappa shape index (κ2) is 6.21. The van der Waals surface area contributed by atoms with Gasteiger partial charge in [-0.05, 0) is 26.2 Å². The third-order valence-corrected chi connectivity index (χ3v) is 5.82. The van der Waals surface area contributed by atoms with Crippen molar-refractivity contribution in [1.29, 1.82) is 0 Å². The maximum Gasteiger partial charge on any atom is 0.313 e. The molecule has 0 spiro atoms. The predicted molar refractivity (Wildman–Crippen MR) is 88.5 cm³/mol. The van der Waals surface area contributed by atoms with Crippen molar-refractivity contribution in [2.45, 2.75) is 64.4 Å². The molecule has 0 aliphatic carbocycles. The van der Waals surface area contributed by atoms with Crippen LogP contribution >= 0.6 is 0 Å². The van der Waals surface area contributed by atoms with Crippen LogP contribution in [0, 0.1) is 17.3 Å². The van der Waals surface area contributed by atoms with Gasteiger partial charge >= 0.3 is 11.9 Å². The van der Waals surface area contributed by atoms with E-state index < -0.39 is 35.1 Å². The van der Waals surface area contributed by atoms with Gasteiger partial charge in [0.05, 0.1) is 23.0 Å². The average molecular weight is 355 g/mol. The first-order valence-electron chi connectivity index (χ1n) is 9.08. The molecular weight excluding hydrogens is 326 g/mol. The van der Waals surface area contributed by atoms with E-state index in [1.165, 1.54) is 0 Å². The minimum atomic E-state index is -1.34. The minimum absolute atomic E-state index is 0.0259. The van der Waals surface area contributed by atoms with Crippen LogP contribution in [-0.4, -0.2) is 70.6 Å². The maximum absolute atomic E-state index is 12.5. The Bertz CT molecular complexity index is 556. The SMILES string of the molecule is CC(C)CC(=O)OCC12C(CN3CCC(O)C31)OC(=O)C2C(C)(C)O. The molecule has 5 unspecified atom stereocenters. The molecule has 0 saturated carbocycles. The summed E-state index contributed by atoms with van der Waals surface area (Å²) in [4.78, 5) is 26.7. The van der Waals surface area contributed by atoms with E-state index in [0.717, 1.165) is 0 Å². The Morgan fingerprint density at radius 3 is 2.76 bits per heavy atom. The van der Waals surface area contributed by atoms with E-state index in [2.05, 4.69) is 4.90 Å². The molecule has 2 N–H and O–H groups in total. The third kappa shape index (κ3) is 2.96. The summed E-state index contributed by atoms with van der Waals surface area (Å²) in [5.74, 6) is -1.48. The fourth-order valence-electron chi connectivity index (χ4n) is 5.05. The Morgan fingerprint density at radius 2 is 2.16 bits per heavy atom.